The zero-order valence-electron chi connectivity index (χ0n) is 13.7. The van der Waals surface area contributed by atoms with Crippen LogP contribution in [-0.4, -0.2) is 36.0 Å². The van der Waals surface area contributed by atoms with Crippen molar-refractivity contribution in [1.29, 1.82) is 5.26 Å². The van der Waals surface area contributed by atoms with Crippen molar-refractivity contribution in [2.75, 3.05) is 5.32 Å². The number of benzene rings is 1. The van der Waals surface area contributed by atoms with Crippen LogP contribution in [0.15, 0.2) is 49.2 Å². The Bertz CT molecular complexity index is 1210. The van der Waals surface area contributed by atoms with E-state index in [2.05, 4.69) is 30.2 Å². The number of aromatic amines is 1. The van der Waals surface area contributed by atoms with Gasteiger partial charge in [0.15, 0.2) is 11.5 Å². The Kier molecular flexibility index (Phi) is 3.91. The second kappa shape index (κ2) is 6.53. The average molecular weight is 357 g/mol. The highest BCUT2D eigenvalue weighted by Gasteiger charge is 2.17. The number of nitriles is 1. The Morgan fingerprint density at radius 3 is 2.85 bits per heavy atom. The third kappa shape index (κ3) is 2.91. The topological polar surface area (TPSA) is 140 Å². The minimum Gasteiger partial charge on any atom is -0.478 e. The lowest BCUT2D eigenvalue weighted by Crippen LogP contribution is -1.99. The summed E-state index contributed by atoms with van der Waals surface area (Å²) in [6.45, 7) is 0. The van der Waals surface area contributed by atoms with Crippen molar-refractivity contribution in [3.05, 3.63) is 60.4 Å². The summed E-state index contributed by atoms with van der Waals surface area (Å²) in [5, 5.41) is 22.0. The van der Waals surface area contributed by atoms with E-state index in [1.807, 2.05) is 12.1 Å². The van der Waals surface area contributed by atoms with Gasteiger partial charge in [-0.05, 0) is 12.1 Å². The summed E-state index contributed by atoms with van der Waals surface area (Å²) in [6, 6.07) is 9.17. The fraction of sp³-hybridized carbons (Fsp3) is 0. The number of aromatic nitrogens is 5. The minimum absolute atomic E-state index is 0.0969. The van der Waals surface area contributed by atoms with E-state index in [1.54, 1.807) is 18.2 Å². The van der Waals surface area contributed by atoms with Crippen LogP contribution in [0.4, 0.5) is 11.5 Å². The van der Waals surface area contributed by atoms with Crippen LogP contribution in [0.2, 0.25) is 0 Å². The second-order valence-electron chi connectivity index (χ2n) is 5.52. The maximum absolute atomic E-state index is 11.5. The number of aromatic carboxylic acids is 1. The molecule has 3 heterocycles. The van der Waals surface area contributed by atoms with Crippen molar-refractivity contribution in [1.82, 2.24) is 24.9 Å². The predicted octanol–water partition coefficient (Wildman–Crippen LogP) is 2.73. The first-order valence-electron chi connectivity index (χ1n) is 7.81. The molecule has 0 spiro atoms. The third-order valence-corrected chi connectivity index (χ3v) is 3.90. The molecule has 0 atom stereocenters. The Labute approximate surface area is 152 Å². The summed E-state index contributed by atoms with van der Waals surface area (Å²) in [6.07, 6.45) is 5.69. The average Bonchev–Trinajstić information content (AvgIpc) is 3.13. The molecule has 0 saturated heterocycles. The fourth-order valence-electron chi connectivity index (χ4n) is 2.74. The number of carbonyl (C=O) groups is 1. The van der Waals surface area contributed by atoms with Crippen LogP contribution in [0.5, 0.6) is 0 Å². The van der Waals surface area contributed by atoms with Gasteiger partial charge >= 0.3 is 5.97 Å². The van der Waals surface area contributed by atoms with Gasteiger partial charge in [-0.3, -0.25) is 0 Å². The molecule has 0 unspecified atom stereocenters. The van der Waals surface area contributed by atoms with Gasteiger partial charge in [0.1, 0.15) is 18.0 Å². The molecule has 9 nitrogen and oxygen atoms in total. The van der Waals surface area contributed by atoms with Crippen LogP contribution < -0.4 is 5.32 Å². The van der Waals surface area contributed by atoms with E-state index < -0.39 is 5.97 Å². The SMILES string of the molecule is N#Cc1nccnc1Nc1cccc(-c2ncnc3[nH]cc(C(=O)O)c23)c1. The number of fused-ring (bicyclic) bond motifs is 1. The van der Waals surface area contributed by atoms with E-state index in [-0.39, 0.29) is 11.3 Å². The lowest BCUT2D eigenvalue weighted by atomic mass is 10.1. The summed E-state index contributed by atoms with van der Waals surface area (Å²) in [4.78, 5) is 30.8. The molecular weight excluding hydrogens is 346 g/mol. The van der Waals surface area contributed by atoms with Crippen molar-refractivity contribution in [3.8, 4) is 17.3 Å². The Morgan fingerprint density at radius 2 is 2.04 bits per heavy atom. The summed E-state index contributed by atoms with van der Waals surface area (Å²) in [7, 11) is 0. The number of hydrogen-bond acceptors (Lipinski definition) is 7. The van der Waals surface area contributed by atoms with E-state index in [1.165, 1.54) is 24.9 Å². The molecule has 0 aliphatic carbocycles. The molecular formula is C18H11N7O2. The maximum atomic E-state index is 11.5. The molecule has 0 aliphatic heterocycles. The Balaban J connectivity index is 1.80. The highest BCUT2D eigenvalue weighted by atomic mass is 16.4. The first-order valence-corrected chi connectivity index (χ1v) is 7.81. The molecule has 4 aromatic rings. The molecule has 1 aromatic carbocycles. The highest BCUT2D eigenvalue weighted by molar-refractivity contribution is 6.07. The number of carboxylic acids is 1. The van der Waals surface area contributed by atoms with Crippen LogP contribution in [-0.2, 0) is 0 Å². The zero-order chi connectivity index (χ0) is 18.8. The maximum Gasteiger partial charge on any atom is 0.338 e. The quantitative estimate of drug-likeness (QED) is 0.506. The van der Waals surface area contributed by atoms with Gasteiger partial charge in [0, 0.05) is 29.8 Å². The van der Waals surface area contributed by atoms with Crippen LogP contribution in [0, 0.1) is 11.3 Å². The molecule has 0 saturated carbocycles. The van der Waals surface area contributed by atoms with Crippen LogP contribution in [0.1, 0.15) is 16.1 Å². The first-order chi connectivity index (χ1) is 13.2. The van der Waals surface area contributed by atoms with E-state index in [4.69, 9.17) is 5.26 Å². The number of H-pyrrole nitrogens is 1. The number of rotatable bonds is 4. The van der Waals surface area contributed by atoms with E-state index in [0.29, 0.717) is 33.8 Å². The van der Waals surface area contributed by atoms with Crippen LogP contribution in [0.25, 0.3) is 22.3 Å². The van der Waals surface area contributed by atoms with Crippen molar-refractivity contribution in [3.63, 3.8) is 0 Å². The number of anilines is 2. The van der Waals surface area contributed by atoms with Crippen molar-refractivity contribution in [2.45, 2.75) is 0 Å². The van der Waals surface area contributed by atoms with Crippen molar-refractivity contribution in [2.24, 2.45) is 0 Å². The Hall–Kier alpha value is -4.32. The van der Waals surface area contributed by atoms with Crippen molar-refractivity contribution < 1.29 is 9.90 Å². The number of nitrogens with zero attached hydrogens (tertiary/aromatic N) is 5. The second-order valence-corrected chi connectivity index (χ2v) is 5.52. The number of nitrogens with one attached hydrogen (secondary N) is 2. The standard InChI is InChI=1S/C18H11N7O2/c19-7-13-16(21-5-4-20-13)25-11-3-1-2-10(6-11)15-14-12(18(26)27)8-22-17(14)24-9-23-15/h1-6,8-9H,(H,21,25)(H,26,27)(H,22,23,24). The molecule has 3 N–H and O–H groups in total. The smallest absolute Gasteiger partial charge is 0.338 e. The van der Waals surface area contributed by atoms with Gasteiger partial charge in [0.05, 0.1) is 16.6 Å². The fourth-order valence-corrected chi connectivity index (χ4v) is 2.74. The molecule has 0 amide bonds. The minimum atomic E-state index is -1.06. The molecule has 3 aromatic heterocycles. The molecule has 0 radical (unpaired) electrons. The summed E-state index contributed by atoms with van der Waals surface area (Å²) in [5.41, 5.74) is 2.55. The molecule has 0 aliphatic rings. The molecule has 0 fully saturated rings. The van der Waals surface area contributed by atoms with Gasteiger partial charge in [-0.15, -0.1) is 0 Å². The van der Waals surface area contributed by atoms with Crippen LogP contribution in [0.3, 0.4) is 0 Å². The third-order valence-electron chi connectivity index (χ3n) is 3.90. The largest absolute Gasteiger partial charge is 0.478 e. The van der Waals surface area contributed by atoms with Gasteiger partial charge < -0.3 is 15.4 Å². The number of hydrogen-bond donors (Lipinski definition) is 3. The van der Waals surface area contributed by atoms with Crippen LogP contribution >= 0.6 is 0 Å². The number of carboxylic acid groups (broad SMARTS) is 1. The molecule has 27 heavy (non-hydrogen) atoms. The molecule has 0 bridgehead atoms. The van der Waals surface area contributed by atoms with Gasteiger partial charge in [-0.25, -0.2) is 24.7 Å². The zero-order valence-corrected chi connectivity index (χ0v) is 13.7. The summed E-state index contributed by atoms with van der Waals surface area (Å²) < 4.78 is 0. The summed E-state index contributed by atoms with van der Waals surface area (Å²) in [5.74, 6) is -0.734. The normalized spacial score (nSPS) is 10.5. The monoisotopic (exact) mass is 357 g/mol. The van der Waals surface area contributed by atoms with E-state index >= 15 is 0 Å². The first kappa shape index (κ1) is 16.2. The van der Waals surface area contributed by atoms with Gasteiger partial charge in [-0.2, -0.15) is 5.26 Å². The van der Waals surface area contributed by atoms with Gasteiger partial charge in [0.25, 0.3) is 0 Å². The predicted molar refractivity (Wildman–Crippen MR) is 96.3 cm³/mol. The Morgan fingerprint density at radius 1 is 1.19 bits per heavy atom. The molecule has 130 valence electrons. The lowest BCUT2D eigenvalue weighted by molar-refractivity contribution is 0.0699. The van der Waals surface area contributed by atoms with Crippen molar-refractivity contribution >= 4 is 28.5 Å². The highest BCUT2D eigenvalue weighted by Crippen LogP contribution is 2.30. The molecule has 9 heteroatoms. The van der Waals surface area contributed by atoms with Gasteiger partial charge in [-0.1, -0.05) is 12.1 Å². The van der Waals surface area contributed by atoms with Gasteiger partial charge in [0.2, 0.25) is 0 Å². The molecule has 4 rings (SSSR count). The lowest BCUT2D eigenvalue weighted by Gasteiger charge is -2.09. The summed E-state index contributed by atoms with van der Waals surface area (Å²) >= 11 is 0. The van der Waals surface area contributed by atoms with E-state index in [9.17, 15) is 9.90 Å². The van der Waals surface area contributed by atoms with E-state index in [0.717, 1.165) is 0 Å².